The summed E-state index contributed by atoms with van der Waals surface area (Å²) < 4.78 is 41.7. The van der Waals surface area contributed by atoms with Gasteiger partial charge in [-0.1, -0.05) is 34.1 Å². The minimum Gasteiger partial charge on any atom is -0.371 e. The van der Waals surface area contributed by atoms with Gasteiger partial charge in [-0.3, -0.25) is 0 Å². The van der Waals surface area contributed by atoms with Crippen LogP contribution in [0.3, 0.4) is 0 Å². The summed E-state index contributed by atoms with van der Waals surface area (Å²) >= 11 is 3.39. The molecule has 102 valence electrons. The SMILES string of the molecule is CNCC(COCC(F)(F)F)c1ccccc1Br. The lowest BCUT2D eigenvalue weighted by molar-refractivity contribution is -0.174. The fraction of sp³-hybridized carbons (Fsp3) is 0.500. The molecule has 2 nitrogen and oxygen atoms in total. The van der Waals surface area contributed by atoms with Crippen LogP contribution in [0.15, 0.2) is 28.7 Å². The Kier molecular flexibility index (Phi) is 6.11. The molecule has 0 spiro atoms. The molecule has 1 N–H and O–H groups in total. The zero-order chi connectivity index (χ0) is 13.6. The standard InChI is InChI=1S/C12H15BrF3NO/c1-17-6-9(7-18-8-12(14,15)16)10-4-2-3-5-11(10)13/h2-5,9,17H,6-8H2,1H3. The lowest BCUT2D eigenvalue weighted by Gasteiger charge is -2.19. The molecule has 1 aromatic rings. The van der Waals surface area contributed by atoms with Crippen molar-refractivity contribution in [2.24, 2.45) is 0 Å². The van der Waals surface area contributed by atoms with Crippen LogP contribution in [-0.2, 0) is 4.74 Å². The number of nitrogens with one attached hydrogen (secondary N) is 1. The van der Waals surface area contributed by atoms with E-state index in [1.54, 1.807) is 7.05 Å². The van der Waals surface area contributed by atoms with Crippen molar-refractivity contribution in [3.8, 4) is 0 Å². The molecule has 0 aromatic heterocycles. The largest absolute Gasteiger partial charge is 0.411 e. The molecule has 0 bridgehead atoms. The number of hydrogen-bond acceptors (Lipinski definition) is 2. The van der Waals surface area contributed by atoms with Crippen LogP contribution >= 0.6 is 15.9 Å². The minimum atomic E-state index is -4.28. The summed E-state index contributed by atoms with van der Waals surface area (Å²) in [5.74, 6) is -0.118. The molecule has 0 aliphatic carbocycles. The highest BCUT2D eigenvalue weighted by atomic mass is 79.9. The monoisotopic (exact) mass is 325 g/mol. The summed E-state index contributed by atoms with van der Waals surface area (Å²) in [7, 11) is 1.76. The number of alkyl halides is 3. The number of halogens is 4. The Hall–Kier alpha value is -0.590. The van der Waals surface area contributed by atoms with Gasteiger partial charge in [0.15, 0.2) is 0 Å². The van der Waals surface area contributed by atoms with E-state index >= 15 is 0 Å². The van der Waals surface area contributed by atoms with Crippen molar-refractivity contribution in [1.82, 2.24) is 5.32 Å². The van der Waals surface area contributed by atoms with Gasteiger partial charge in [-0.25, -0.2) is 0 Å². The van der Waals surface area contributed by atoms with Gasteiger partial charge in [0.2, 0.25) is 0 Å². The van der Waals surface area contributed by atoms with Gasteiger partial charge >= 0.3 is 6.18 Å². The van der Waals surface area contributed by atoms with Crippen LogP contribution in [0.5, 0.6) is 0 Å². The van der Waals surface area contributed by atoms with E-state index in [0.29, 0.717) is 6.54 Å². The topological polar surface area (TPSA) is 21.3 Å². The number of likely N-dealkylation sites (N-methyl/N-ethyl adjacent to an activating group) is 1. The first-order valence-electron chi connectivity index (χ1n) is 5.47. The molecule has 0 aliphatic rings. The lowest BCUT2D eigenvalue weighted by Crippen LogP contribution is -2.25. The van der Waals surface area contributed by atoms with Crippen LogP contribution in [0.1, 0.15) is 11.5 Å². The minimum absolute atomic E-state index is 0.0307. The molecule has 0 heterocycles. The van der Waals surface area contributed by atoms with E-state index in [4.69, 9.17) is 4.74 Å². The second-order valence-electron chi connectivity index (χ2n) is 3.91. The Morgan fingerprint density at radius 2 is 2.00 bits per heavy atom. The quantitative estimate of drug-likeness (QED) is 0.866. The van der Waals surface area contributed by atoms with E-state index < -0.39 is 12.8 Å². The zero-order valence-electron chi connectivity index (χ0n) is 9.93. The summed E-state index contributed by atoms with van der Waals surface area (Å²) in [5.41, 5.74) is 0.939. The average molecular weight is 326 g/mol. The van der Waals surface area contributed by atoms with Gasteiger partial charge in [-0.05, 0) is 18.7 Å². The van der Waals surface area contributed by atoms with Crippen molar-refractivity contribution in [3.63, 3.8) is 0 Å². The smallest absolute Gasteiger partial charge is 0.371 e. The van der Waals surface area contributed by atoms with Crippen LogP contribution in [0.4, 0.5) is 13.2 Å². The molecule has 0 saturated heterocycles. The van der Waals surface area contributed by atoms with Gasteiger partial charge in [0.25, 0.3) is 0 Å². The Bertz CT molecular complexity index is 371. The molecule has 0 fully saturated rings. The maximum absolute atomic E-state index is 12.0. The highest BCUT2D eigenvalue weighted by Crippen LogP contribution is 2.25. The van der Waals surface area contributed by atoms with E-state index in [-0.39, 0.29) is 12.5 Å². The predicted molar refractivity (Wildman–Crippen MR) is 67.7 cm³/mol. The fourth-order valence-corrected chi connectivity index (χ4v) is 2.24. The van der Waals surface area contributed by atoms with Crippen molar-refractivity contribution >= 4 is 15.9 Å². The molecular weight excluding hydrogens is 311 g/mol. The first-order valence-corrected chi connectivity index (χ1v) is 6.27. The highest BCUT2D eigenvalue weighted by Gasteiger charge is 2.28. The molecule has 18 heavy (non-hydrogen) atoms. The lowest BCUT2D eigenvalue weighted by atomic mass is 10.00. The number of ether oxygens (including phenoxy) is 1. The number of benzene rings is 1. The normalized spacial score (nSPS) is 13.6. The van der Waals surface area contributed by atoms with E-state index in [9.17, 15) is 13.2 Å². The van der Waals surface area contributed by atoms with E-state index in [0.717, 1.165) is 10.0 Å². The number of rotatable bonds is 6. The van der Waals surface area contributed by atoms with Gasteiger partial charge in [-0.15, -0.1) is 0 Å². The van der Waals surface area contributed by atoms with Crippen LogP contribution in [-0.4, -0.2) is 33.0 Å². The zero-order valence-corrected chi connectivity index (χ0v) is 11.5. The summed E-state index contributed by atoms with van der Waals surface area (Å²) in [6, 6.07) is 7.46. The van der Waals surface area contributed by atoms with Crippen LogP contribution < -0.4 is 5.32 Å². The molecule has 1 unspecified atom stereocenters. The van der Waals surface area contributed by atoms with Gasteiger partial charge in [-0.2, -0.15) is 13.2 Å². The van der Waals surface area contributed by atoms with Gasteiger partial charge in [0.1, 0.15) is 6.61 Å². The van der Waals surface area contributed by atoms with Crippen molar-refractivity contribution in [3.05, 3.63) is 34.3 Å². The molecule has 1 rings (SSSR count). The second-order valence-corrected chi connectivity index (χ2v) is 4.76. The van der Waals surface area contributed by atoms with Crippen LogP contribution in [0, 0.1) is 0 Å². The summed E-state index contributed by atoms with van der Waals surface area (Å²) in [6.45, 7) is -0.624. The number of hydrogen-bond donors (Lipinski definition) is 1. The first kappa shape index (κ1) is 15.5. The molecule has 6 heteroatoms. The molecule has 0 aliphatic heterocycles. The van der Waals surface area contributed by atoms with Gasteiger partial charge < -0.3 is 10.1 Å². The highest BCUT2D eigenvalue weighted by molar-refractivity contribution is 9.10. The maximum atomic E-state index is 12.0. The van der Waals surface area contributed by atoms with Crippen molar-refractivity contribution < 1.29 is 17.9 Å². The molecule has 1 aromatic carbocycles. The van der Waals surface area contributed by atoms with Gasteiger partial charge in [0, 0.05) is 16.9 Å². The summed E-state index contributed by atoms with van der Waals surface area (Å²) in [4.78, 5) is 0. The Morgan fingerprint density at radius 3 is 2.56 bits per heavy atom. The fourth-order valence-electron chi connectivity index (χ4n) is 1.63. The van der Waals surface area contributed by atoms with E-state index in [1.165, 1.54) is 0 Å². The molecule has 0 amide bonds. The molecule has 1 atom stereocenters. The van der Waals surface area contributed by atoms with Crippen molar-refractivity contribution in [2.75, 3.05) is 26.8 Å². The molecule has 0 radical (unpaired) electrons. The van der Waals surface area contributed by atoms with Crippen LogP contribution in [0.2, 0.25) is 0 Å². The van der Waals surface area contributed by atoms with E-state index in [2.05, 4.69) is 21.2 Å². The second kappa shape index (κ2) is 7.11. The third kappa shape index (κ3) is 5.37. The summed E-state index contributed by atoms with van der Waals surface area (Å²) in [6.07, 6.45) is -4.28. The first-order chi connectivity index (χ1) is 8.44. The summed E-state index contributed by atoms with van der Waals surface area (Å²) in [5, 5.41) is 2.96. The third-order valence-corrected chi connectivity index (χ3v) is 3.10. The van der Waals surface area contributed by atoms with Crippen LogP contribution in [0.25, 0.3) is 0 Å². The maximum Gasteiger partial charge on any atom is 0.411 e. The molecule has 0 saturated carbocycles. The Balaban J connectivity index is 2.63. The van der Waals surface area contributed by atoms with Crippen molar-refractivity contribution in [2.45, 2.75) is 12.1 Å². The average Bonchev–Trinajstić information content (AvgIpc) is 2.27. The van der Waals surface area contributed by atoms with Gasteiger partial charge in [0.05, 0.1) is 6.61 Å². The third-order valence-electron chi connectivity index (χ3n) is 2.38. The van der Waals surface area contributed by atoms with E-state index in [1.807, 2.05) is 24.3 Å². The Morgan fingerprint density at radius 1 is 1.33 bits per heavy atom. The Labute approximate surface area is 113 Å². The predicted octanol–water partition coefficient (Wildman–Crippen LogP) is 3.33. The van der Waals surface area contributed by atoms with Crippen molar-refractivity contribution in [1.29, 1.82) is 0 Å². The molecular formula is C12H15BrF3NO.